The van der Waals surface area contributed by atoms with E-state index >= 15 is 0 Å². The van der Waals surface area contributed by atoms with Gasteiger partial charge in [0.2, 0.25) is 5.88 Å². The van der Waals surface area contributed by atoms with Gasteiger partial charge in [-0.1, -0.05) is 44.5 Å². The quantitative estimate of drug-likeness (QED) is 0.942. The van der Waals surface area contributed by atoms with Gasteiger partial charge in [-0.15, -0.1) is 0 Å². The molecule has 0 aliphatic carbocycles. The lowest BCUT2D eigenvalue weighted by atomic mass is 9.88. The number of halogens is 1. The van der Waals surface area contributed by atoms with E-state index in [4.69, 9.17) is 27.2 Å². The third kappa shape index (κ3) is 3.06. The second kappa shape index (κ2) is 6.08. The van der Waals surface area contributed by atoms with Gasteiger partial charge in [-0.25, -0.2) is 0 Å². The lowest BCUT2D eigenvalue weighted by Gasteiger charge is -2.17. The molecule has 5 heteroatoms. The van der Waals surface area contributed by atoms with Crippen LogP contribution in [-0.2, 0) is 11.8 Å². The summed E-state index contributed by atoms with van der Waals surface area (Å²) in [6.45, 7) is 6.94. The molecule has 0 aliphatic heterocycles. The van der Waals surface area contributed by atoms with Crippen LogP contribution in [0.3, 0.4) is 0 Å². The fourth-order valence-electron chi connectivity index (χ4n) is 2.40. The molecule has 0 saturated heterocycles. The van der Waals surface area contributed by atoms with Gasteiger partial charge in [0.25, 0.3) is 0 Å². The fraction of sp³-hybridized carbons (Fsp3) is 0.438. The van der Waals surface area contributed by atoms with E-state index in [1.807, 2.05) is 24.3 Å². The zero-order chi connectivity index (χ0) is 15.6. The van der Waals surface area contributed by atoms with Crippen molar-refractivity contribution in [2.45, 2.75) is 32.6 Å². The summed E-state index contributed by atoms with van der Waals surface area (Å²) in [5, 5.41) is 5.39. The van der Waals surface area contributed by atoms with Crippen LogP contribution in [0.5, 0.6) is 5.88 Å². The molecule has 0 aliphatic rings. The van der Waals surface area contributed by atoms with Crippen LogP contribution in [0, 0.1) is 0 Å². The average molecular weight is 308 g/mol. The Hall–Kier alpha value is -1.52. The SMILES string of the molecule is COc1c(CCN)c(C(C)(C)C)nn1-c1ccccc1Cl. The van der Waals surface area contributed by atoms with Crippen molar-refractivity contribution in [1.29, 1.82) is 0 Å². The normalized spacial score (nSPS) is 11.7. The number of nitrogens with zero attached hydrogens (tertiary/aromatic N) is 2. The topological polar surface area (TPSA) is 53.1 Å². The van der Waals surface area contributed by atoms with Crippen molar-refractivity contribution in [3.63, 3.8) is 0 Å². The predicted molar refractivity (Wildman–Crippen MR) is 86.6 cm³/mol. The lowest BCUT2D eigenvalue weighted by Crippen LogP contribution is -2.16. The summed E-state index contributed by atoms with van der Waals surface area (Å²) in [5.41, 5.74) is 8.51. The predicted octanol–water partition coefficient (Wildman–Crippen LogP) is 3.33. The minimum absolute atomic E-state index is 0.0930. The first-order valence-electron chi connectivity index (χ1n) is 7.01. The van der Waals surface area contributed by atoms with Gasteiger partial charge in [-0.05, 0) is 25.1 Å². The van der Waals surface area contributed by atoms with E-state index in [1.54, 1.807) is 11.8 Å². The van der Waals surface area contributed by atoms with Crippen molar-refractivity contribution in [2.75, 3.05) is 13.7 Å². The molecule has 1 heterocycles. The molecule has 0 radical (unpaired) electrons. The summed E-state index contributed by atoms with van der Waals surface area (Å²) >= 11 is 6.30. The van der Waals surface area contributed by atoms with Crippen LogP contribution < -0.4 is 10.5 Å². The molecular weight excluding hydrogens is 286 g/mol. The Labute approximate surface area is 130 Å². The number of ether oxygens (including phenoxy) is 1. The van der Waals surface area contributed by atoms with Crippen molar-refractivity contribution in [3.05, 3.63) is 40.5 Å². The third-order valence-electron chi connectivity index (χ3n) is 3.32. The van der Waals surface area contributed by atoms with Crippen LogP contribution in [0.25, 0.3) is 5.69 Å². The van der Waals surface area contributed by atoms with E-state index in [0.29, 0.717) is 17.4 Å². The molecule has 1 aromatic carbocycles. The Bertz CT molecular complexity index is 629. The van der Waals surface area contributed by atoms with Gasteiger partial charge in [0.15, 0.2) is 0 Å². The first kappa shape index (κ1) is 15.9. The molecule has 0 amide bonds. The van der Waals surface area contributed by atoms with Crippen molar-refractivity contribution in [3.8, 4) is 11.6 Å². The Morgan fingerprint density at radius 1 is 1.29 bits per heavy atom. The number of benzene rings is 1. The summed E-state index contributed by atoms with van der Waals surface area (Å²) in [6, 6.07) is 7.60. The first-order chi connectivity index (χ1) is 9.90. The van der Waals surface area contributed by atoms with E-state index in [0.717, 1.165) is 23.4 Å². The van der Waals surface area contributed by atoms with Crippen molar-refractivity contribution in [2.24, 2.45) is 5.73 Å². The summed E-state index contributed by atoms with van der Waals surface area (Å²) in [6.07, 6.45) is 0.722. The highest BCUT2D eigenvalue weighted by molar-refractivity contribution is 6.32. The van der Waals surface area contributed by atoms with Gasteiger partial charge < -0.3 is 10.5 Å². The van der Waals surface area contributed by atoms with Gasteiger partial charge in [-0.3, -0.25) is 0 Å². The highest BCUT2D eigenvalue weighted by Crippen LogP contribution is 2.35. The monoisotopic (exact) mass is 307 g/mol. The Balaban J connectivity index is 2.70. The molecule has 0 unspecified atom stereocenters. The number of hydrogen-bond donors (Lipinski definition) is 1. The molecule has 21 heavy (non-hydrogen) atoms. The van der Waals surface area contributed by atoms with Crippen LogP contribution in [0.4, 0.5) is 0 Å². The Morgan fingerprint density at radius 3 is 2.48 bits per heavy atom. The second-order valence-corrected chi connectivity index (χ2v) is 6.40. The van der Waals surface area contributed by atoms with Crippen LogP contribution >= 0.6 is 11.6 Å². The Kier molecular flexibility index (Phi) is 4.59. The van der Waals surface area contributed by atoms with E-state index in [2.05, 4.69) is 20.8 Å². The molecule has 2 N–H and O–H groups in total. The van der Waals surface area contributed by atoms with E-state index in [-0.39, 0.29) is 5.41 Å². The Morgan fingerprint density at radius 2 is 1.95 bits per heavy atom. The van der Waals surface area contributed by atoms with E-state index in [1.165, 1.54) is 0 Å². The van der Waals surface area contributed by atoms with Gasteiger partial charge in [0.05, 0.1) is 23.5 Å². The molecule has 2 rings (SSSR count). The summed E-state index contributed by atoms with van der Waals surface area (Å²) < 4.78 is 7.37. The number of methoxy groups -OCH3 is 1. The van der Waals surface area contributed by atoms with E-state index < -0.39 is 0 Å². The van der Waals surface area contributed by atoms with E-state index in [9.17, 15) is 0 Å². The van der Waals surface area contributed by atoms with Gasteiger partial charge in [0.1, 0.15) is 0 Å². The van der Waals surface area contributed by atoms with Crippen molar-refractivity contribution in [1.82, 2.24) is 9.78 Å². The minimum Gasteiger partial charge on any atom is -0.481 e. The van der Waals surface area contributed by atoms with Gasteiger partial charge in [0, 0.05) is 11.0 Å². The van der Waals surface area contributed by atoms with Crippen LogP contribution in [-0.4, -0.2) is 23.4 Å². The molecule has 1 aromatic heterocycles. The molecule has 0 atom stereocenters. The minimum atomic E-state index is -0.0930. The molecule has 0 bridgehead atoms. The second-order valence-electron chi connectivity index (χ2n) is 5.99. The highest BCUT2D eigenvalue weighted by atomic mass is 35.5. The molecule has 114 valence electrons. The standard InChI is InChI=1S/C16H22ClN3O/c1-16(2,3)14-11(9-10-18)15(21-4)20(19-14)13-8-6-5-7-12(13)17/h5-8H,9-10,18H2,1-4H3. The van der Waals surface area contributed by atoms with Crippen molar-refractivity contribution < 1.29 is 4.74 Å². The first-order valence-corrected chi connectivity index (χ1v) is 7.39. The third-order valence-corrected chi connectivity index (χ3v) is 3.63. The fourth-order valence-corrected chi connectivity index (χ4v) is 2.62. The number of aromatic nitrogens is 2. The summed E-state index contributed by atoms with van der Waals surface area (Å²) in [5.74, 6) is 0.707. The largest absolute Gasteiger partial charge is 0.481 e. The maximum Gasteiger partial charge on any atom is 0.220 e. The van der Waals surface area contributed by atoms with Gasteiger partial charge in [-0.2, -0.15) is 9.78 Å². The zero-order valence-electron chi connectivity index (χ0n) is 13.0. The molecule has 2 aromatic rings. The van der Waals surface area contributed by atoms with Crippen LogP contribution in [0.2, 0.25) is 5.02 Å². The number of hydrogen-bond acceptors (Lipinski definition) is 3. The molecule has 0 spiro atoms. The molecule has 0 fully saturated rings. The maximum absolute atomic E-state index is 6.30. The lowest BCUT2D eigenvalue weighted by molar-refractivity contribution is 0.379. The molecular formula is C16H22ClN3O. The number of rotatable bonds is 4. The zero-order valence-corrected chi connectivity index (χ0v) is 13.7. The van der Waals surface area contributed by atoms with Gasteiger partial charge >= 0.3 is 0 Å². The van der Waals surface area contributed by atoms with Crippen LogP contribution in [0.15, 0.2) is 24.3 Å². The maximum atomic E-state index is 6.30. The summed E-state index contributed by atoms with van der Waals surface area (Å²) in [4.78, 5) is 0. The van der Waals surface area contributed by atoms with Crippen LogP contribution in [0.1, 0.15) is 32.0 Å². The molecule has 4 nitrogen and oxygen atoms in total. The number of para-hydroxylation sites is 1. The number of nitrogens with two attached hydrogens (primary N) is 1. The van der Waals surface area contributed by atoms with Crippen molar-refractivity contribution >= 4 is 11.6 Å². The highest BCUT2D eigenvalue weighted by Gasteiger charge is 2.27. The summed E-state index contributed by atoms with van der Waals surface area (Å²) in [7, 11) is 1.65. The average Bonchev–Trinajstić information content (AvgIpc) is 2.78. The molecule has 0 saturated carbocycles. The smallest absolute Gasteiger partial charge is 0.220 e.